The minimum atomic E-state index is -0.164. The molecule has 0 bridgehead atoms. The van der Waals surface area contributed by atoms with Gasteiger partial charge in [-0.2, -0.15) is 0 Å². The number of hydrogen-bond donors (Lipinski definition) is 0. The highest BCUT2D eigenvalue weighted by atomic mass is 79.9. The Morgan fingerprint density at radius 3 is 2.17 bits per heavy atom. The highest BCUT2D eigenvalue weighted by molar-refractivity contribution is 9.10. The Morgan fingerprint density at radius 2 is 1.50 bits per heavy atom. The number of carbonyl (C=O) groups is 2. The molecule has 0 radical (unpaired) electrons. The van der Waals surface area contributed by atoms with E-state index < -0.39 is 0 Å². The van der Waals surface area contributed by atoms with Gasteiger partial charge in [0.15, 0.2) is 11.6 Å². The maximum atomic E-state index is 12.4. The summed E-state index contributed by atoms with van der Waals surface area (Å²) in [6.07, 6.45) is 0. The van der Waals surface area contributed by atoms with E-state index in [1.807, 2.05) is 0 Å². The van der Waals surface area contributed by atoms with Crippen molar-refractivity contribution in [1.82, 2.24) is 0 Å². The number of fused-ring (bicyclic) bond motifs is 2. The first-order valence-corrected chi connectivity index (χ1v) is 6.44. The summed E-state index contributed by atoms with van der Waals surface area (Å²) in [5.74, 6) is -0.313. The second-order valence-corrected chi connectivity index (χ2v) is 5.30. The van der Waals surface area contributed by atoms with Gasteiger partial charge in [0.1, 0.15) is 0 Å². The summed E-state index contributed by atoms with van der Waals surface area (Å²) in [5.41, 5.74) is 1.63. The fraction of sp³-hybridized carbons (Fsp3) is 0. The second-order valence-electron chi connectivity index (χ2n) is 4.01. The summed E-state index contributed by atoms with van der Waals surface area (Å²) >= 11 is 9.22. The van der Waals surface area contributed by atoms with Gasteiger partial charge in [-0.25, -0.2) is 0 Å². The lowest BCUT2D eigenvalue weighted by atomic mass is 9.84. The quantitative estimate of drug-likeness (QED) is 0.630. The van der Waals surface area contributed by atoms with Gasteiger partial charge in [-0.15, -0.1) is 0 Å². The average Bonchev–Trinajstić information content (AvgIpc) is 2.35. The van der Waals surface area contributed by atoms with Crippen LogP contribution in [0, 0.1) is 0 Å². The molecule has 2 aromatic carbocycles. The van der Waals surface area contributed by atoms with Gasteiger partial charge in [0.05, 0.1) is 0 Å². The maximum Gasteiger partial charge on any atom is 0.195 e. The zero-order chi connectivity index (χ0) is 12.9. The van der Waals surface area contributed by atoms with E-state index in [2.05, 4.69) is 15.9 Å². The van der Waals surface area contributed by atoms with E-state index in [0.29, 0.717) is 31.7 Å². The molecular weight excluding hydrogens is 316 g/mol. The second kappa shape index (κ2) is 4.04. The summed E-state index contributed by atoms with van der Waals surface area (Å²) in [6, 6.07) is 9.98. The molecule has 0 amide bonds. The van der Waals surface area contributed by atoms with Gasteiger partial charge in [0.25, 0.3) is 0 Å². The van der Waals surface area contributed by atoms with Gasteiger partial charge in [-0.05, 0) is 28.1 Å². The zero-order valence-electron chi connectivity index (χ0n) is 9.04. The maximum absolute atomic E-state index is 12.4. The van der Waals surface area contributed by atoms with Crippen LogP contribution in [-0.2, 0) is 0 Å². The third-order valence-electron chi connectivity index (χ3n) is 2.94. The molecule has 0 heterocycles. The van der Waals surface area contributed by atoms with Crippen LogP contribution >= 0.6 is 27.5 Å². The van der Waals surface area contributed by atoms with Crippen molar-refractivity contribution >= 4 is 39.1 Å². The summed E-state index contributed by atoms with van der Waals surface area (Å²) in [4.78, 5) is 24.7. The van der Waals surface area contributed by atoms with E-state index in [9.17, 15) is 9.59 Å². The molecule has 0 saturated carbocycles. The Kier molecular flexibility index (Phi) is 2.61. The van der Waals surface area contributed by atoms with Crippen LogP contribution in [0.1, 0.15) is 31.8 Å². The molecule has 0 N–H and O–H groups in total. The molecule has 0 saturated heterocycles. The normalized spacial score (nSPS) is 13.2. The van der Waals surface area contributed by atoms with Gasteiger partial charge >= 0.3 is 0 Å². The number of benzene rings is 2. The van der Waals surface area contributed by atoms with Gasteiger partial charge < -0.3 is 0 Å². The van der Waals surface area contributed by atoms with Gasteiger partial charge in [0.2, 0.25) is 0 Å². The van der Waals surface area contributed by atoms with Crippen molar-refractivity contribution in [2.75, 3.05) is 0 Å². The predicted octanol–water partition coefficient (Wildman–Crippen LogP) is 3.88. The molecule has 0 fully saturated rings. The molecule has 0 aromatic heterocycles. The van der Waals surface area contributed by atoms with Crippen LogP contribution in [0.15, 0.2) is 40.9 Å². The topological polar surface area (TPSA) is 34.1 Å². The smallest absolute Gasteiger partial charge is 0.195 e. The number of halogens is 2. The van der Waals surface area contributed by atoms with Crippen LogP contribution in [0.25, 0.3) is 0 Å². The van der Waals surface area contributed by atoms with Crippen molar-refractivity contribution in [2.45, 2.75) is 0 Å². The third kappa shape index (κ3) is 1.55. The summed E-state index contributed by atoms with van der Waals surface area (Å²) in [6.45, 7) is 0. The van der Waals surface area contributed by atoms with Crippen LogP contribution in [0.4, 0.5) is 0 Å². The van der Waals surface area contributed by atoms with E-state index >= 15 is 0 Å². The van der Waals surface area contributed by atoms with Crippen LogP contribution < -0.4 is 0 Å². The van der Waals surface area contributed by atoms with Crippen molar-refractivity contribution in [2.24, 2.45) is 0 Å². The first kappa shape index (κ1) is 11.6. The van der Waals surface area contributed by atoms with Gasteiger partial charge in [-0.3, -0.25) is 9.59 Å². The fourth-order valence-corrected chi connectivity index (χ4v) is 3.13. The largest absolute Gasteiger partial charge is 0.289 e. The van der Waals surface area contributed by atoms with Crippen molar-refractivity contribution in [3.8, 4) is 0 Å². The average molecular weight is 322 g/mol. The number of ketones is 2. The van der Waals surface area contributed by atoms with E-state index in [-0.39, 0.29) is 11.6 Å². The zero-order valence-corrected chi connectivity index (χ0v) is 11.4. The molecule has 3 rings (SSSR count). The minimum absolute atomic E-state index is 0.149. The van der Waals surface area contributed by atoms with Crippen molar-refractivity contribution in [1.29, 1.82) is 0 Å². The lowest BCUT2D eigenvalue weighted by Crippen LogP contribution is -2.21. The Hall–Kier alpha value is -1.45. The van der Waals surface area contributed by atoms with Gasteiger partial charge in [-0.1, -0.05) is 35.9 Å². The van der Waals surface area contributed by atoms with Crippen LogP contribution in [0.5, 0.6) is 0 Å². The van der Waals surface area contributed by atoms with Crippen LogP contribution in [0.3, 0.4) is 0 Å². The van der Waals surface area contributed by atoms with Crippen molar-refractivity contribution in [3.63, 3.8) is 0 Å². The molecule has 1 aliphatic carbocycles. The third-order valence-corrected chi connectivity index (χ3v) is 3.79. The first-order valence-electron chi connectivity index (χ1n) is 5.27. The van der Waals surface area contributed by atoms with Crippen LogP contribution in [-0.4, -0.2) is 11.6 Å². The molecule has 0 aliphatic heterocycles. The molecule has 2 aromatic rings. The molecule has 0 unspecified atom stereocenters. The lowest BCUT2D eigenvalue weighted by Gasteiger charge is -2.18. The number of rotatable bonds is 0. The molecule has 1 aliphatic rings. The van der Waals surface area contributed by atoms with Crippen LogP contribution in [0.2, 0.25) is 5.02 Å². The number of carbonyl (C=O) groups excluding carboxylic acids is 2. The SMILES string of the molecule is O=C1c2ccccc2C(=O)c2c(Br)cc(Cl)cc21. The monoisotopic (exact) mass is 320 g/mol. The Balaban J connectivity index is 2.37. The summed E-state index contributed by atoms with van der Waals surface area (Å²) in [5, 5.41) is 0.432. The van der Waals surface area contributed by atoms with E-state index in [1.165, 1.54) is 6.07 Å². The minimum Gasteiger partial charge on any atom is -0.289 e. The molecule has 4 heteroatoms. The molecule has 0 spiro atoms. The summed E-state index contributed by atoms with van der Waals surface area (Å²) in [7, 11) is 0. The molecule has 88 valence electrons. The highest BCUT2D eigenvalue weighted by Gasteiger charge is 2.31. The predicted molar refractivity (Wildman–Crippen MR) is 72.5 cm³/mol. The Morgan fingerprint density at radius 1 is 0.889 bits per heavy atom. The molecule has 0 atom stereocenters. The lowest BCUT2D eigenvalue weighted by molar-refractivity contribution is 0.0978. The van der Waals surface area contributed by atoms with E-state index in [0.717, 1.165) is 0 Å². The van der Waals surface area contributed by atoms with Crippen molar-refractivity contribution in [3.05, 3.63) is 68.1 Å². The van der Waals surface area contributed by atoms with Gasteiger partial charge in [0, 0.05) is 31.7 Å². The Labute approximate surface area is 117 Å². The number of hydrogen-bond acceptors (Lipinski definition) is 2. The Bertz CT molecular complexity index is 707. The van der Waals surface area contributed by atoms with E-state index in [4.69, 9.17) is 11.6 Å². The van der Waals surface area contributed by atoms with E-state index in [1.54, 1.807) is 30.3 Å². The standard InChI is InChI=1S/C14H6BrClO2/c15-11-6-7(16)5-10-12(11)14(18)9-4-2-1-3-8(9)13(10)17/h1-6H. The fourth-order valence-electron chi connectivity index (χ4n) is 2.14. The molecular formula is C14H6BrClO2. The first-order chi connectivity index (χ1) is 8.59. The highest BCUT2D eigenvalue weighted by Crippen LogP contribution is 2.34. The van der Waals surface area contributed by atoms with Crippen molar-refractivity contribution < 1.29 is 9.59 Å². The molecule has 2 nitrogen and oxygen atoms in total. The summed E-state index contributed by atoms with van der Waals surface area (Å²) < 4.78 is 0.554. The molecule has 18 heavy (non-hydrogen) atoms.